The Hall–Kier alpha value is -3.15. The predicted molar refractivity (Wildman–Crippen MR) is 97.1 cm³/mol. The maximum atomic E-state index is 13.3. The zero-order valence-electron chi connectivity index (χ0n) is 14.0. The van der Waals surface area contributed by atoms with Crippen LogP contribution in [0.1, 0.15) is 24.2 Å². The number of nitrogens with two attached hydrogens (primary N) is 1. The van der Waals surface area contributed by atoms with Gasteiger partial charge in [-0.25, -0.2) is 9.37 Å². The summed E-state index contributed by atoms with van der Waals surface area (Å²) in [5, 5.41) is 0.784. The summed E-state index contributed by atoms with van der Waals surface area (Å²) in [5.74, 6) is 0.00815. The molecule has 1 unspecified atom stereocenters. The van der Waals surface area contributed by atoms with Crippen LogP contribution in [0.5, 0.6) is 0 Å². The highest BCUT2D eigenvalue weighted by Crippen LogP contribution is 2.24. The number of anilines is 1. The number of carbonyl (C=O) groups excluding carboxylic acids is 1. The number of nitrogens with one attached hydrogen (secondary N) is 1. The summed E-state index contributed by atoms with van der Waals surface area (Å²) >= 11 is 0. The topological polar surface area (TPSA) is 75.0 Å². The van der Waals surface area contributed by atoms with Gasteiger partial charge in [0.15, 0.2) is 0 Å². The van der Waals surface area contributed by atoms with Gasteiger partial charge < -0.3 is 15.6 Å². The first-order valence-electron chi connectivity index (χ1n) is 7.88. The Kier molecular flexibility index (Phi) is 4.52. The zero-order valence-corrected chi connectivity index (χ0v) is 14.0. The predicted octanol–water partition coefficient (Wildman–Crippen LogP) is 3.52. The molecule has 128 valence electrons. The lowest BCUT2D eigenvalue weighted by Crippen LogP contribution is -2.28. The van der Waals surface area contributed by atoms with E-state index >= 15 is 0 Å². The molecule has 0 aliphatic heterocycles. The molecule has 0 spiro atoms. The Bertz CT molecular complexity index is 930. The second-order valence-corrected chi connectivity index (χ2v) is 5.93. The third-order valence-corrected chi connectivity index (χ3v) is 4.21. The largest absolute Gasteiger partial charge is 0.384 e. The molecule has 25 heavy (non-hydrogen) atoms. The molecule has 1 atom stereocenters. The van der Waals surface area contributed by atoms with E-state index < -0.39 is 0 Å². The Morgan fingerprint density at radius 2 is 2.12 bits per heavy atom. The van der Waals surface area contributed by atoms with Crippen molar-refractivity contribution in [3.05, 3.63) is 65.7 Å². The first-order valence-corrected chi connectivity index (χ1v) is 7.88. The molecule has 3 N–H and O–H groups in total. The highest BCUT2D eigenvalue weighted by Gasteiger charge is 2.17. The number of benzene rings is 1. The molecular formula is C19H19FN4O. The van der Waals surface area contributed by atoms with E-state index in [2.05, 4.69) is 9.97 Å². The van der Waals surface area contributed by atoms with Gasteiger partial charge in [-0.15, -0.1) is 0 Å². The van der Waals surface area contributed by atoms with Crippen LogP contribution in [0.25, 0.3) is 17.0 Å². The molecule has 6 heteroatoms. The second kappa shape index (κ2) is 6.76. The summed E-state index contributed by atoms with van der Waals surface area (Å²) in [6.07, 6.45) is 4.79. The van der Waals surface area contributed by atoms with Crippen molar-refractivity contribution in [3.8, 4) is 0 Å². The number of nitrogens with zero attached hydrogens (tertiary/aromatic N) is 2. The number of rotatable bonds is 4. The molecule has 3 aromatic rings. The van der Waals surface area contributed by atoms with Crippen molar-refractivity contribution in [2.24, 2.45) is 0 Å². The van der Waals surface area contributed by atoms with Gasteiger partial charge >= 0.3 is 0 Å². The average molecular weight is 338 g/mol. The van der Waals surface area contributed by atoms with E-state index in [0.717, 1.165) is 22.2 Å². The summed E-state index contributed by atoms with van der Waals surface area (Å²) < 4.78 is 13.3. The van der Waals surface area contributed by atoms with E-state index in [1.807, 2.05) is 13.0 Å². The van der Waals surface area contributed by atoms with E-state index in [1.54, 1.807) is 42.4 Å². The number of pyridine rings is 1. The lowest BCUT2D eigenvalue weighted by Gasteiger charge is -2.22. The number of H-pyrrole nitrogens is 1. The van der Waals surface area contributed by atoms with Gasteiger partial charge in [0, 0.05) is 35.9 Å². The van der Waals surface area contributed by atoms with E-state index in [-0.39, 0.29) is 17.8 Å². The van der Waals surface area contributed by atoms with Gasteiger partial charge in [0.25, 0.3) is 0 Å². The fourth-order valence-electron chi connectivity index (χ4n) is 2.55. The maximum absolute atomic E-state index is 13.3. The van der Waals surface area contributed by atoms with Crippen LogP contribution >= 0.6 is 0 Å². The third kappa shape index (κ3) is 3.68. The highest BCUT2D eigenvalue weighted by atomic mass is 19.1. The number of nitrogen functional groups attached to an aromatic ring is 1. The van der Waals surface area contributed by atoms with Crippen LogP contribution in [-0.2, 0) is 4.79 Å². The first-order chi connectivity index (χ1) is 11.9. The quantitative estimate of drug-likeness (QED) is 0.715. The molecule has 0 radical (unpaired) electrons. The Morgan fingerprint density at radius 3 is 2.84 bits per heavy atom. The number of amides is 1. The number of aromatic amines is 1. The van der Waals surface area contributed by atoms with Crippen molar-refractivity contribution < 1.29 is 9.18 Å². The SMILES string of the molecule is CC(c1cc2cc(F)ccc2[nH]1)N(C)C(=O)/C=C/c1ccc(N)nc1. The molecule has 0 aliphatic rings. The van der Waals surface area contributed by atoms with Crippen LogP contribution in [0.4, 0.5) is 10.2 Å². The van der Waals surface area contributed by atoms with Crippen molar-refractivity contribution in [1.29, 1.82) is 0 Å². The lowest BCUT2D eigenvalue weighted by molar-refractivity contribution is -0.126. The lowest BCUT2D eigenvalue weighted by atomic mass is 10.2. The molecule has 0 aliphatic carbocycles. The van der Waals surface area contributed by atoms with Crippen LogP contribution in [0.2, 0.25) is 0 Å². The Morgan fingerprint density at radius 1 is 1.32 bits per heavy atom. The summed E-state index contributed by atoms with van der Waals surface area (Å²) in [6, 6.07) is 9.72. The minimum Gasteiger partial charge on any atom is -0.384 e. The normalized spacial score (nSPS) is 12.6. The molecular weight excluding hydrogens is 319 g/mol. The minimum atomic E-state index is -0.282. The van der Waals surface area contributed by atoms with Gasteiger partial charge in [0.2, 0.25) is 5.91 Å². The van der Waals surface area contributed by atoms with Crippen molar-refractivity contribution in [1.82, 2.24) is 14.9 Å². The molecule has 0 bridgehead atoms. The number of hydrogen-bond donors (Lipinski definition) is 2. The van der Waals surface area contributed by atoms with Crippen LogP contribution in [0, 0.1) is 5.82 Å². The van der Waals surface area contributed by atoms with E-state index in [0.29, 0.717) is 5.82 Å². The molecule has 3 rings (SSSR count). The van der Waals surface area contributed by atoms with Crippen LogP contribution in [0.3, 0.4) is 0 Å². The number of likely N-dealkylation sites (N-methyl/N-ethyl adjacent to an activating group) is 1. The maximum Gasteiger partial charge on any atom is 0.246 e. The molecule has 5 nitrogen and oxygen atoms in total. The fourth-order valence-corrected chi connectivity index (χ4v) is 2.55. The number of carbonyl (C=O) groups is 1. The summed E-state index contributed by atoms with van der Waals surface area (Å²) in [6.45, 7) is 1.91. The van der Waals surface area contributed by atoms with Crippen LogP contribution in [-0.4, -0.2) is 27.8 Å². The Labute approximate surface area is 145 Å². The van der Waals surface area contributed by atoms with E-state index in [4.69, 9.17) is 5.73 Å². The van der Waals surface area contributed by atoms with Gasteiger partial charge in [-0.3, -0.25) is 4.79 Å². The van der Waals surface area contributed by atoms with Gasteiger partial charge in [0.05, 0.1) is 6.04 Å². The van der Waals surface area contributed by atoms with Crippen molar-refractivity contribution in [2.45, 2.75) is 13.0 Å². The molecule has 0 fully saturated rings. The standard InChI is InChI=1S/C19H19FN4O/c1-12(17-10-14-9-15(20)5-6-16(14)23-17)24(2)19(25)8-4-13-3-7-18(21)22-11-13/h3-12,23H,1-2H3,(H2,21,22)/b8-4+. The number of halogens is 1. The number of fused-ring (bicyclic) bond motifs is 1. The zero-order chi connectivity index (χ0) is 18.0. The minimum absolute atomic E-state index is 0.144. The van der Waals surface area contributed by atoms with Crippen molar-refractivity contribution >= 4 is 28.7 Å². The molecule has 1 amide bonds. The average Bonchev–Trinajstić information content (AvgIpc) is 3.02. The van der Waals surface area contributed by atoms with Crippen molar-refractivity contribution in [3.63, 3.8) is 0 Å². The smallest absolute Gasteiger partial charge is 0.246 e. The summed E-state index contributed by atoms with van der Waals surface area (Å²) in [4.78, 5) is 21.2. The van der Waals surface area contributed by atoms with Crippen LogP contribution < -0.4 is 5.73 Å². The van der Waals surface area contributed by atoms with Crippen LogP contribution in [0.15, 0.2) is 48.7 Å². The van der Waals surface area contributed by atoms with Gasteiger partial charge in [-0.2, -0.15) is 0 Å². The highest BCUT2D eigenvalue weighted by molar-refractivity contribution is 5.92. The van der Waals surface area contributed by atoms with Gasteiger partial charge in [-0.05, 0) is 55.0 Å². The number of aromatic nitrogens is 2. The monoisotopic (exact) mass is 338 g/mol. The number of hydrogen-bond acceptors (Lipinski definition) is 3. The second-order valence-electron chi connectivity index (χ2n) is 5.93. The van der Waals surface area contributed by atoms with E-state index in [9.17, 15) is 9.18 Å². The van der Waals surface area contributed by atoms with Crippen molar-refractivity contribution in [2.75, 3.05) is 12.8 Å². The third-order valence-electron chi connectivity index (χ3n) is 4.21. The molecule has 0 saturated carbocycles. The fraction of sp³-hybridized carbons (Fsp3) is 0.158. The summed E-state index contributed by atoms with van der Waals surface area (Å²) in [7, 11) is 1.73. The molecule has 1 aromatic carbocycles. The van der Waals surface area contributed by atoms with E-state index in [1.165, 1.54) is 18.2 Å². The Balaban J connectivity index is 1.74. The van der Waals surface area contributed by atoms with Gasteiger partial charge in [0.1, 0.15) is 11.6 Å². The van der Waals surface area contributed by atoms with Gasteiger partial charge in [-0.1, -0.05) is 0 Å². The molecule has 0 saturated heterocycles. The summed E-state index contributed by atoms with van der Waals surface area (Å²) in [5.41, 5.74) is 8.02. The molecule has 2 aromatic heterocycles. The molecule has 2 heterocycles. The first kappa shape index (κ1) is 16.7.